The van der Waals surface area contributed by atoms with Crippen LogP contribution >= 0.6 is 0 Å². The smallest absolute Gasteiger partial charge is 0.263 e. The summed E-state index contributed by atoms with van der Waals surface area (Å²) in [6.07, 6.45) is -0.141. The minimum Gasteiger partial charge on any atom is -0.310 e. The molecular weight excluding hydrogens is 208 g/mol. The van der Waals surface area contributed by atoms with E-state index >= 15 is 0 Å². The largest absolute Gasteiger partial charge is 0.310 e. The maximum absolute atomic E-state index is 12.6. The number of halogens is 2. The summed E-state index contributed by atoms with van der Waals surface area (Å²) < 4.78 is 25.2. The second kappa shape index (κ2) is 4.91. The van der Waals surface area contributed by atoms with Crippen molar-refractivity contribution < 1.29 is 8.78 Å². The van der Waals surface area contributed by atoms with E-state index in [0.717, 1.165) is 24.9 Å². The lowest BCUT2D eigenvalue weighted by Gasteiger charge is -2.19. The third-order valence-electron chi connectivity index (χ3n) is 3.40. The van der Waals surface area contributed by atoms with Gasteiger partial charge in [-0.05, 0) is 30.5 Å². The molecule has 0 saturated carbocycles. The maximum atomic E-state index is 12.6. The summed E-state index contributed by atoms with van der Waals surface area (Å²) in [4.78, 5) is 0. The van der Waals surface area contributed by atoms with Crippen LogP contribution in [0.2, 0.25) is 0 Å². The Balaban J connectivity index is 2.22. The summed E-state index contributed by atoms with van der Waals surface area (Å²) in [5.74, 6) is 0.577. The molecule has 16 heavy (non-hydrogen) atoms. The van der Waals surface area contributed by atoms with Crippen LogP contribution in [-0.4, -0.2) is 6.54 Å². The van der Waals surface area contributed by atoms with Gasteiger partial charge < -0.3 is 5.32 Å². The Bertz CT molecular complexity index is 352. The Labute approximate surface area is 94.9 Å². The van der Waals surface area contributed by atoms with Gasteiger partial charge >= 0.3 is 0 Å². The molecular formula is C13H17F2N. The summed E-state index contributed by atoms with van der Waals surface area (Å²) in [7, 11) is 0. The molecule has 3 heteroatoms. The van der Waals surface area contributed by atoms with Crippen molar-refractivity contribution in [2.75, 3.05) is 6.54 Å². The number of rotatable bonds is 3. The van der Waals surface area contributed by atoms with E-state index in [4.69, 9.17) is 0 Å². The van der Waals surface area contributed by atoms with Crippen LogP contribution in [0.5, 0.6) is 0 Å². The summed E-state index contributed by atoms with van der Waals surface area (Å²) >= 11 is 0. The number of benzene rings is 1. The predicted octanol–water partition coefficient (Wildman–Crippen LogP) is 3.68. The van der Waals surface area contributed by atoms with Gasteiger partial charge in [0.1, 0.15) is 0 Å². The van der Waals surface area contributed by atoms with Gasteiger partial charge in [-0.2, -0.15) is 0 Å². The van der Waals surface area contributed by atoms with Gasteiger partial charge in [0.25, 0.3) is 6.43 Å². The average Bonchev–Trinajstić information content (AvgIpc) is 2.77. The van der Waals surface area contributed by atoms with Crippen molar-refractivity contribution in [3.8, 4) is 0 Å². The van der Waals surface area contributed by atoms with E-state index in [-0.39, 0.29) is 11.6 Å². The van der Waals surface area contributed by atoms with Crippen LogP contribution in [-0.2, 0) is 0 Å². The molecule has 2 unspecified atom stereocenters. The highest BCUT2D eigenvalue weighted by atomic mass is 19.3. The minimum absolute atomic E-state index is 0.126. The van der Waals surface area contributed by atoms with Crippen LogP contribution in [0.3, 0.4) is 0 Å². The molecule has 1 nitrogen and oxygen atoms in total. The molecule has 0 aliphatic carbocycles. The third kappa shape index (κ3) is 2.24. The summed E-state index contributed by atoms with van der Waals surface area (Å²) in [6, 6.07) is 7.05. The zero-order valence-corrected chi connectivity index (χ0v) is 9.42. The van der Waals surface area contributed by atoms with Crippen LogP contribution < -0.4 is 5.32 Å². The molecule has 1 aliphatic heterocycles. The average molecular weight is 225 g/mol. The predicted molar refractivity (Wildman–Crippen MR) is 60.5 cm³/mol. The lowest BCUT2D eigenvalue weighted by molar-refractivity contribution is 0.151. The van der Waals surface area contributed by atoms with Gasteiger partial charge in [0.05, 0.1) is 0 Å². The highest BCUT2D eigenvalue weighted by Crippen LogP contribution is 2.33. The molecule has 1 aliphatic rings. The van der Waals surface area contributed by atoms with E-state index in [1.807, 2.05) is 6.07 Å². The Morgan fingerprint density at radius 3 is 2.94 bits per heavy atom. The van der Waals surface area contributed by atoms with Crippen LogP contribution in [0.1, 0.15) is 43.4 Å². The van der Waals surface area contributed by atoms with Gasteiger partial charge in [-0.25, -0.2) is 8.78 Å². The first-order valence-corrected chi connectivity index (χ1v) is 5.83. The van der Waals surface area contributed by atoms with Gasteiger partial charge in [0, 0.05) is 11.6 Å². The van der Waals surface area contributed by atoms with Crippen molar-refractivity contribution in [2.45, 2.75) is 32.2 Å². The van der Waals surface area contributed by atoms with E-state index in [1.165, 1.54) is 6.07 Å². The first kappa shape index (κ1) is 11.5. The third-order valence-corrected chi connectivity index (χ3v) is 3.40. The first-order valence-electron chi connectivity index (χ1n) is 5.83. The molecule has 1 aromatic carbocycles. The molecule has 1 aromatic rings. The van der Waals surface area contributed by atoms with Gasteiger partial charge in [0.15, 0.2) is 0 Å². The standard InChI is InChI=1S/C13H17F2N/c1-2-9-6-7-16-12(9)10-4-3-5-11(8-10)13(14)15/h3-5,8-9,12-13,16H,2,6-7H2,1H3. The molecule has 0 spiro atoms. The molecule has 1 fully saturated rings. The highest BCUT2D eigenvalue weighted by Gasteiger charge is 2.26. The number of hydrogen-bond acceptors (Lipinski definition) is 1. The molecule has 1 heterocycles. The monoisotopic (exact) mass is 225 g/mol. The van der Waals surface area contributed by atoms with Gasteiger partial charge in [0.2, 0.25) is 0 Å². The Kier molecular flexibility index (Phi) is 3.54. The van der Waals surface area contributed by atoms with Gasteiger partial charge in [-0.3, -0.25) is 0 Å². The first-order chi connectivity index (χ1) is 7.72. The fourth-order valence-corrected chi connectivity index (χ4v) is 2.48. The molecule has 1 N–H and O–H groups in total. The molecule has 88 valence electrons. The zero-order valence-electron chi connectivity index (χ0n) is 9.42. The Morgan fingerprint density at radius 2 is 2.25 bits per heavy atom. The summed E-state index contributed by atoms with van der Waals surface area (Å²) in [5, 5.41) is 3.40. The number of alkyl halides is 2. The quantitative estimate of drug-likeness (QED) is 0.827. The van der Waals surface area contributed by atoms with Crippen LogP contribution in [0, 0.1) is 5.92 Å². The van der Waals surface area contributed by atoms with Crippen molar-refractivity contribution in [3.63, 3.8) is 0 Å². The fraction of sp³-hybridized carbons (Fsp3) is 0.538. The van der Waals surface area contributed by atoms with Crippen molar-refractivity contribution in [1.29, 1.82) is 0 Å². The lowest BCUT2D eigenvalue weighted by atomic mass is 9.91. The lowest BCUT2D eigenvalue weighted by Crippen LogP contribution is -2.17. The molecule has 2 rings (SSSR count). The van der Waals surface area contributed by atoms with Crippen molar-refractivity contribution >= 4 is 0 Å². The van der Waals surface area contributed by atoms with E-state index in [0.29, 0.717) is 5.92 Å². The van der Waals surface area contributed by atoms with Crippen LogP contribution in [0.25, 0.3) is 0 Å². The second-order valence-corrected chi connectivity index (χ2v) is 4.36. The summed E-state index contributed by atoms with van der Waals surface area (Å²) in [6.45, 7) is 3.14. The molecule has 2 atom stereocenters. The van der Waals surface area contributed by atoms with E-state index in [2.05, 4.69) is 12.2 Å². The van der Waals surface area contributed by atoms with E-state index < -0.39 is 6.43 Å². The molecule has 0 bridgehead atoms. The van der Waals surface area contributed by atoms with Crippen molar-refractivity contribution in [3.05, 3.63) is 35.4 Å². The van der Waals surface area contributed by atoms with Crippen molar-refractivity contribution in [2.24, 2.45) is 5.92 Å². The van der Waals surface area contributed by atoms with Gasteiger partial charge in [-0.1, -0.05) is 31.5 Å². The van der Waals surface area contributed by atoms with Crippen LogP contribution in [0.15, 0.2) is 24.3 Å². The van der Waals surface area contributed by atoms with E-state index in [9.17, 15) is 8.78 Å². The fourth-order valence-electron chi connectivity index (χ4n) is 2.48. The summed E-state index contributed by atoms with van der Waals surface area (Å²) in [5.41, 5.74) is 1.13. The molecule has 0 radical (unpaired) electrons. The Morgan fingerprint density at radius 1 is 1.44 bits per heavy atom. The van der Waals surface area contributed by atoms with E-state index in [1.54, 1.807) is 12.1 Å². The van der Waals surface area contributed by atoms with Crippen LogP contribution in [0.4, 0.5) is 8.78 Å². The zero-order chi connectivity index (χ0) is 11.5. The maximum Gasteiger partial charge on any atom is 0.263 e. The minimum atomic E-state index is -2.37. The molecule has 0 aromatic heterocycles. The topological polar surface area (TPSA) is 12.0 Å². The Hall–Kier alpha value is -0.960. The van der Waals surface area contributed by atoms with Gasteiger partial charge in [-0.15, -0.1) is 0 Å². The highest BCUT2D eigenvalue weighted by molar-refractivity contribution is 5.28. The molecule has 1 saturated heterocycles. The van der Waals surface area contributed by atoms with Crippen molar-refractivity contribution in [1.82, 2.24) is 5.32 Å². The number of hydrogen-bond donors (Lipinski definition) is 1. The second-order valence-electron chi connectivity index (χ2n) is 4.36. The SMILES string of the molecule is CCC1CCNC1c1cccc(C(F)F)c1. The number of nitrogens with one attached hydrogen (secondary N) is 1. The normalized spacial score (nSPS) is 25.2. The molecule has 0 amide bonds.